The van der Waals surface area contributed by atoms with Crippen molar-refractivity contribution in [2.75, 3.05) is 7.11 Å². The van der Waals surface area contributed by atoms with Gasteiger partial charge in [-0.3, -0.25) is 21.3 Å². The van der Waals surface area contributed by atoms with Gasteiger partial charge in [0.25, 0.3) is 5.69 Å². The average molecular weight is 568 g/mol. The third-order valence-electron chi connectivity index (χ3n) is 2.28. The first-order valence-electron chi connectivity index (χ1n) is 5.46. The number of nitrogens with one attached hydrogen (secondary N) is 1. The van der Waals surface area contributed by atoms with E-state index in [2.05, 4.69) is 9.46 Å². The molecule has 1 aromatic rings. The number of benzene rings is 1. The van der Waals surface area contributed by atoms with Crippen molar-refractivity contribution >= 4 is 21.7 Å². The number of nitro benzene ring substituents is 1. The third-order valence-corrected chi connectivity index (χ3v) is 3.89. The van der Waals surface area contributed by atoms with Gasteiger partial charge in [-0.2, -0.15) is 0 Å². The Bertz CT molecular complexity index is 619. The van der Waals surface area contributed by atoms with Crippen molar-refractivity contribution in [2.45, 2.75) is 17.9 Å². The van der Waals surface area contributed by atoms with Crippen LogP contribution in [-0.2, 0) is 19.6 Å². The molecule has 8 nitrogen and oxygen atoms in total. The summed E-state index contributed by atoms with van der Waals surface area (Å²) in [6.07, 6.45) is 1.01. The molecule has 1 atom stereocenters. The maximum atomic E-state index is 12.1. The minimum atomic E-state index is -4.12. The first-order chi connectivity index (χ1) is 9.27. The second-order valence-electron chi connectivity index (χ2n) is 3.82. The Hall–Kier alpha value is -3.13. The van der Waals surface area contributed by atoms with Crippen molar-refractivity contribution in [3.05, 3.63) is 40.8 Å². The zero-order valence-corrected chi connectivity index (χ0v) is 18.7. The van der Waals surface area contributed by atoms with Gasteiger partial charge in [-0.25, -0.2) is 13.1 Å². The minimum absolute atomic E-state index is 0. The Balaban J connectivity index is 0.00000400. The zero-order chi connectivity index (χ0) is 15.3. The number of ether oxygens (including phenoxy) is 1. The maximum Gasteiger partial charge on any atom is 0.289 e. The van der Waals surface area contributed by atoms with Crippen molar-refractivity contribution in [3.8, 4) is 0 Å². The molecule has 21 heavy (non-hydrogen) atoms. The molecule has 0 saturated carbocycles. The topological polar surface area (TPSA) is 116 Å². The summed E-state index contributed by atoms with van der Waals surface area (Å²) in [7, 11) is -2.96. The number of sulfonamides is 1. The Morgan fingerprint density at radius 3 is 2.52 bits per heavy atom. The van der Waals surface area contributed by atoms with Crippen LogP contribution in [0.25, 0.3) is 0 Å². The second kappa shape index (κ2) is 6.87. The molecule has 112 valence electrons. The number of hydrogen-bond donors (Lipinski definition) is 1. The number of esters is 1. The van der Waals surface area contributed by atoms with E-state index in [9.17, 15) is 23.3 Å². The molecule has 0 fully saturated rings. The van der Waals surface area contributed by atoms with Gasteiger partial charge in [0.2, 0.25) is 10.0 Å². The Labute approximate surface area is 115 Å². The summed E-state index contributed by atoms with van der Waals surface area (Å²) in [5.41, 5.74) is -0.537. The van der Waals surface area contributed by atoms with Crippen LogP contribution in [0.5, 0.6) is 0 Å². The van der Waals surface area contributed by atoms with Crippen molar-refractivity contribution < 1.29 is 22.9 Å². The molecule has 1 N–H and O–H groups in total. The molecule has 0 aromatic heterocycles. The van der Waals surface area contributed by atoms with Gasteiger partial charge < -0.3 is 4.74 Å². The van der Waals surface area contributed by atoms with Crippen LogP contribution in [0.15, 0.2) is 29.2 Å². The van der Waals surface area contributed by atoms with E-state index in [1.54, 1.807) is 0 Å². The van der Waals surface area contributed by atoms with Crippen molar-refractivity contribution in [2.24, 2.45) is 0 Å². The van der Waals surface area contributed by atoms with E-state index in [1.165, 1.54) is 19.1 Å². The van der Waals surface area contributed by atoms with Crippen LogP contribution in [-0.4, -0.2) is 32.5 Å². The fourth-order valence-electron chi connectivity index (χ4n) is 1.45. The van der Waals surface area contributed by atoms with Gasteiger partial charge in [-0.05, 0) is 6.07 Å². The number of carbonyl (C=O) groups is 1. The predicted octanol–water partition coefficient (Wildman–Crippen LogP) is 0.639. The van der Waals surface area contributed by atoms with Crippen molar-refractivity contribution in [1.29, 1.82) is 0 Å². The van der Waals surface area contributed by atoms with Crippen LogP contribution < -0.4 is 4.72 Å². The first kappa shape index (κ1) is 17.9. The molecule has 0 aliphatic heterocycles. The number of hydrogen-bond acceptors (Lipinski definition) is 6. The molecular weight excluding hydrogens is 555 g/mol. The Kier molecular flexibility index (Phi) is 5.85. The molecule has 0 saturated heterocycles. The molecule has 0 spiro atoms. The summed E-state index contributed by atoms with van der Waals surface area (Å²) in [4.78, 5) is 20.6. The summed E-state index contributed by atoms with van der Waals surface area (Å²) < 4.78 is 30.6. The number of methoxy groups -OCH3 is 1. The van der Waals surface area contributed by atoms with E-state index < -0.39 is 37.5 Å². The average Bonchev–Trinajstić information content (AvgIpc) is 2.37. The van der Waals surface area contributed by atoms with E-state index in [4.69, 9.17) is 0 Å². The maximum absolute atomic E-state index is 12.1. The second-order valence-corrected chi connectivity index (χ2v) is 5.51. The van der Waals surface area contributed by atoms with Crippen LogP contribution in [0.3, 0.4) is 0 Å². The molecule has 0 radical (unpaired) electrons. The third kappa shape index (κ3) is 4.48. The van der Waals surface area contributed by atoms with Gasteiger partial charge in [0.05, 0.1) is 12.0 Å². The van der Waals surface area contributed by atoms with Crippen molar-refractivity contribution in [3.63, 3.8) is 0 Å². The number of para-hydroxylation sites is 1. The minimum Gasteiger partial charge on any atom is -0.491 e. The fraction of sp³-hybridized carbons (Fsp3) is 0.273. The van der Waals surface area contributed by atoms with Crippen LogP contribution in [0.2, 0.25) is 0 Å². The molecular formula is C11H13N2O6RfS-. The van der Waals surface area contributed by atoms with Gasteiger partial charge in [0.15, 0.2) is 10.9 Å². The van der Waals surface area contributed by atoms with E-state index in [0.29, 0.717) is 0 Å². The van der Waals surface area contributed by atoms with Crippen LogP contribution >= 0.6 is 0 Å². The summed E-state index contributed by atoms with van der Waals surface area (Å²) in [5, 5.41) is 10.8. The molecule has 0 aliphatic rings. The van der Waals surface area contributed by atoms with Crippen LogP contribution in [0.4, 0.5) is 5.69 Å². The summed E-state index contributed by atoms with van der Waals surface area (Å²) in [5.74, 6) is -0.706. The van der Waals surface area contributed by atoms with E-state index in [-0.39, 0.29) is 0 Å². The van der Waals surface area contributed by atoms with Gasteiger partial charge in [0.1, 0.15) is 0 Å². The molecule has 1 unspecified atom stereocenters. The normalized spacial score (nSPS) is 11.9. The predicted molar refractivity (Wildman–Crippen MR) is 69.2 cm³/mol. The molecule has 0 aliphatic carbocycles. The molecule has 0 amide bonds. The standard InChI is InChI=1S/C11H13N2O6S.Rf/c1-8(7-11(14)19-2)12-20(17,18)10-6-4-3-5-9(10)13(15)16;/h3-8,12H,1-2H3;/q-1;. The summed E-state index contributed by atoms with van der Waals surface area (Å²) in [6, 6.07) is 4.07. The van der Waals surface area contributed by atoms with Crippen LogP contribution in [0.1, 0.15) is 6.92 Å². The number of nitro groups is 1. The number of carbonyl (C=O) groups excluding carboxylic acids is 1. The monoisotopic (exact) mass is 568 g/mol. The van der Waals surface area contributed by atoms with Gasteiger partial charge in [0, 0.05) is 6.07 Å². The molecule has 10 heteroatoms. The van der Waals surface area contributed by atoms with Gasteiger partial charge >= 0.3 is 0 Å². The van der Waals surface area contributed by atoms with Crippen molar-refractivity contribution in [1.82, 2.24) is 4.72 Å². The number of nitrogens with zero attached hydrogens (tertiary/aromatic N) is 1. The Morgan fingerprint density at radius 2 is 2.00 bits per heavy atom. The smallest absolute Gasteiger partial charge is 0.289 e. The molecule has 1 rings (SSSR count). The summed E-state index contributed by atoms with van der Waals surface area (Å²) in [6.45, 7) is 1.41. The molecule has 1 aromatic carbocycles. The Morgan fingerprint density at radius 1 is 1.43 bits per heavy atom. The SMILES string of the molecule is COC(=O)[CH-]C(C)NS(=O)(=O)c1ccccc1[N+](=O)[O-].[Rf]. The molecule has 0 bridgehead atoms. The summed E-state index contributed by atoms with van der Waals surface area (Å²) >= 11 is 0. The largest absolute Gasteiger partial charge is 0.491 e. The van der Waals surface area contributed by atoms with E-state index in [1.807, 2.05) is 0 Å². The quantitative estimate of drug-likeness (QED) is 0.233. The first-order valence-corrected chi connectivity index (χ1v) is 6.95. The van der Waals surface area contributed by atoms with Crippen LogP contribution in [0, 0.1) is 16.5 Å². The number of rotatable bonds is 6. The van der Waals surface area contributed by atoms with E-state index in [0.717, 1.165) is 25.7 Å². The van der Waals surface area contributed by atoms with E-state index >= 15 is 0 Å². The molecule has 0 heterocycles. The fourth-order valence-corrected chi connectivity index (χ4v) is 2.81. The zero-order valence-electron chi connectivity index (χ0n) is 11.5. The van der Waals surface area contributed by atoms with Gasteiger partial charge in [-0.15, -0.1) is 0 Å². The van der Waals surface area contributed by atoms with Gasteiger partial charge in [-0.1, -0.05) is 25.1 Å².